The summed E-state index contributed by atoms with van der Waals surface area (Å²) >= 11 is 0. The summed E-state index contributed by atoms with van der Waals surface area (Å²) < 4.78 is 11.8. The number of phenols is 2. The molecule has 8 heteroatoms. The number of aromatic hydroxyl groups is 2. The second-order valence-corrected chi connectivity index (χ2v) is 16.2. The molecule has 0 saturated carbocycles. The van der Waals surface area contributed by atoms with Gasteiger partial charge in [-0.15, -0.1) is 0 Å². The molecule has 2 atom stereocenters. The molecule has 2 aliphatic rings. The summed E-state index contributed by atoms with van der Waals surface area (Å²) in [7, 11) is 0. The van der Waals surface area contributed by atoms with Gasteiger partial charge in [0.2, 0.25) is 11.5 Å². The topological polar surface area (TPSA) is 137 Å². The van der Waals surface area contributed by atoms with Crippen molar-refractivity contribution in [2.45, 2.75) is 129 Å². The smallest absolute Gasteiger partial charge is 0.246 e. The van der Waals surface area contributed by atoms with Crippen LogP contribution in [0.4, 0.5) is 0 Å². The van der Waals surface area contributed by atoms with Crippen LogP contribution in [0.2, 0.25) is 0 Å². The van der Waals surface area contributed by atoms with Gasteiger partial charge in [-0.2, -0.15) is 0 Å². The Morgan fingerprint density at radius 3 is 1.63 bits per heavy atom. The monoisotopic (exact) mass is 818 g/mol. The van der Waals surface area contributed by atoms with E-state index in [1.165, 1.54) is 108 Å². The SMILES string of the molecule is CCCCCCCCCCOc1ccc(/C=C/c2cc(O)c(C3=C(O)C(C4=C(O)[CH+]C(=C[CH+]c5ccc(OCCCCCCCCCC)cc5)CC4=O)C3O)c(O)c2)cc1. The third-order valence-electron chi connectivity index (χ3n) is 11.4. The lowest BCUT2D eigenvalue weighted by atomic mass is 9.69. The summed E-state index contributed by atoms with van der Waals surface area (Å²) in [5.41, 5.74) is 2.55. The van der Waals surface area contributed by atoms with Gasteiger partial charge in [0.05, 0.1) is 25.2 Å². The molecule has 0 radical (unpaired) electrons. The zero-order valence-corrected chi connectivity index (χ0v) is 35.7. The Bertz CT molecular complexity index is 1910. The molecule has 0 aromatic heterocycles. The first kappa shape index (κ1) is 45.9. The van der Waals surface area contributed by atoms with Crippen molar-refractivity contribution < 1.29 is 39.8 Å². The second kappa shape index (κ2) is 24.1. The maximum absolute atomic E-state index is 13.3. The molecule has 0 heterocycles. The number of Topliss-reactive ketones (excluding diaryl/α,β-unsaturated/α-hetero) is 1. The zero-order valence-electron chi connectivity index (χ0n) is 35.7. The number of hydrogen-bond acceptors (Lipinski definition) is 8. The van der Waals surface area contributed by atoms with Crippen LogP contribution in [0.3, 0.4) is 0 Å². The van der Waals surface area contributed by atoms with Crippen molar-refractivity contribution in [1.29, 1.82) is 0 Å². The van der Waals surface area contributed by atoms with E-state index < -0.39 is 23.6 Å². The fraction of sp³-hybridized carbons (Fsp3) is 0.442. The minimum Gasteiger partial charge on any atom is -0.510 e. The first-order valence-electron chi connectivity index (χ1n) is 22.4. The fourth-order valence-corrected chi connectivity index (χ4v) is 7.88. The number of phenolic OH excluding ortho intramolecular Hbond substituents is 2. The molecular weight excluding hydrogens is 753 g/mol. The third-order valence-corrected chi connectivity index (χ3v) is 11.4. The number of rotatable bonds is 26. The highest BCUT2D eigenvalue weighted by atomic mass is 16.5. The van der Waals surface area contributed by atoms with Gasteiger partial charge in [0.25, 0.3) is 0 Å². The number of hydrogen-bond donors (Lipinski definition) is 5. The van der Waals surface area contributed by atoms with E-state index in [1.54, 1.807) is 12.2 Å². The molecular formula is C52H66O8+2. The van der Waals surface area contributed by atoms with E-state index in [0.29, 0.717) is 24.4 Å². The molecule has 3 aromatic carbocycles. The summed E-state index contributed by atoms with van der Waals surface area (Å²) in [5.74, 6) is -1.46. The lowest BCUT2D eigenvalue weighted by molar-refractivity contribution is -0.116. The predicted molar refractivity (Wildman–Crippen MR) is 242 cm³/mol. The van der Waals surface area contributed by atoms with Crippen LogP contribution >= 0.6 is 0 Å². The van der Waals surface area contributed by atoms with E-state index in [-0.39, 0.29) is 40.4 Å². The quantitative estimate of drug-likeness (QED) is 0.0307. The van der Waals surface area contributed by atoms with Crippen molar-refractivity contribution in [1.82, 2.24) is 0 Å². The van der Waals surface area contributed by atoms with E-state index in [0.717, 1.165) is 35.5 Å². The second-order valence-electron chi connectivity index (χ2n) is 16.2. The van der Waals surface area contributed by atoms with E-state index in [1.807, 2.05) is 61.0 Å². The molecule has 2 aliphatic carbocycles. The number of ketones is 1. The molecule has 0 bridgehead atoms. The number of unbranched alkanes of at least 4 members (excludes halogenated alkanes) is 14. The van der Waals surface area contributed by atoms with Crippen molar-refractivity contribution in [3.8, 4) is 23.0 Å². The van der Waals surface area contributed by atoms with Crippen molar-refractivity contribution in [3.05, 3.63) is 124 Å². The van der Waals surface area contributed by atoms with Crippen LogP contribution < -0.4 is 9.47 Å². The Labute approximate surface area is 358 Å². The van der Waals surface area contributed by atoms with Gasteiger partial charge >= 0.3 is 0 Å². The van der Waals surface area contributed by atoms with Crippen LogP contribution in [0.1, 0.15) is 145 Å². The Kier molecular flexibility index (Phi) is 18.5. The highest BCUT2D eigenvalue weighted by molar-refractivity contribution is 6.03. The van der Waals surface area contributed by atoms with Gasteiger partial charge in [0.15, 0.2) is 0 Å². The van der Waals surface area contributed by atoms with Crippen molar-refractivity contribution in [2.24, 2.45) is 5.92 Å². The van der Waals surface area contributed by atoms with E-state index in [9.17, 15) is 30.3 Å². The number of benzene rings is 3. The van der Waals surface area contributed by atoms with Gasteiger partial charge in [0.1, 0.15) is 76.4 Å². The average molecular weight is 819 g/mol. The Balaban J connectivity index is 1.10. The summed E-state index contributed by atoms with van der Waals surface area (Å²) in [4.78, 5) is 13.3. The van der Waals surface area contributed by atoms with Crippen LogP contribution in [0, 0.1) is 18.8 Å². The fourth-order valence-electron chi connectivity index (χ4n) is 7.88. The molecule has 5 rings (SSSR count). The molecule has 3 aromatic rings. The first-order valence-corrected chi connectivity index (χ1v) is 22.4. The van der Waals surface area contributed by atoms with Gasteiger partial charge in [-0.25, -0.2) is 0 Å². The van der Waals surface area contributed by atoms with Gasteiger partial charge in [-0.3, -0.25) is 4.79 Å². The summed E-state index contributed by atoms with van der Waals surface area (Å²) in [5, 5.41) is 55.1. The lowest BCUT2D eigenvalue weighted by Crippen LogP contribution is -2.40. The maximum Gasteiger partial charge on any atom is 0.246 e. The van der Waals surface area contributed by atoms with Crippen LogP contribution in [0.15, 0.2) is 89.4 Å². The van der Waals surface area contributed by atoms with E-state index in [4.69, 9.17) is 9.47 Å². The first-order chi connectivity index (χ1) is 29.2. The molecule has 0 amide bonds. The lowest BCUT2D eigenvalue weighted by Gasteiger charge is -2.35. The number of aliphatic hydroxyl groups is 3. The standard InChI is InChI=1S/C52H64O8/c1-3-5-7-9-11-13-15-17-31-59-41-27-23-37(24-28-41)19-21-39-33-43(53)47(44(54)34-39)49-51(57)50(52(49)58)48-45(55)35-40(36-46(48)56)22-20-38-25-29-42(30-26-38)60-32-18-16-14-12-10-8-6-4-2/h19-30,33-35,50-51,57H,3-18,31-32,36H2,1-2H3,(H2-2,53,54,55,56,58)/p+2/b21-19+,40-22?. The number of allylic oxidation sites excluding steroid dienone is 2. The van der Waals surface area contributed by atoms with Crippen LogP contribution in [-0.2, 0) is 4.79 Å². The molecule has 60 heavy (non-hydrogen) atoms. The van der Waals surface area contributed by atoms with Gasteiger partial charge < -0.3 is 35.0 Å². The largest absolute Gasteiger partial charge is 0.510 e. The molecule has 2 unspecified atom stereocenters. The van der Waals surface area contributed by atoms with E-state index in [2.05, 4.69) is 13.8 Å². The molecule has 0 aliphatic heterocycles. The Morgan fingerprint density at radius 1 is 0.650 bits per heavy atom. The van der Waals surface area contributed by atoms with Crippen LogP contribution in [0.5, 0.6) is 23.0 Å². The van der Waals surface area contributed by atoms with Gasteiger partial charge in [-0.1, -0.05) is 128 Å². The minimum absolute atomic E-state index is 0.0336. The molecule has 0 spiro atoms. The van der Waals surface area contributed by atoms with Crippen LogP contribution in [0.25, 0.3) is 17.7 Å². The number of carbonyl (C=O) groups excluding carboxylic acids is 1. The normalized spacial score (nSPS) is 17.3. The van der Waals surface area contributed by atoms with E-state index >= 15 is 0 Å². The number of aliphatic hydroxyl groups excluding tert-OH is 3. The van der Waals surface area contributed by atoms with Crippen molar-refractivity contribution in [3.63, 3.8) is 0 Å². The Morgan fingerprint density at radius 2 is 1.13 bits per heavy atom. The highest BCUT2D eigenvalue weighted by Gasteiger charge is 2.52. The molecule has 5 N–H and O–H groups in total. The van der Waals surface area contributed by atoms with Crippen molar-refractivity contribution in [2.75, 3.05) is 13.2 Å². The Hall–Kier alpha value is -5.21. The minimum atomic E-state index is -1.44. The van der Waals surface area contributed by atoms with Crippen molar-refractivity contribution >= 4 is 23.5 Å². The number of carbonyl (C=O) groups is 1. The van der Waals surface area contributed by atoms with Gasteiger partial charge in [-0.05, 0) is 48.2 Å². The molecule has 320 valence electrons. The third kappa shape index (κ3) is 13.4. The molecule has 0 fully saturated rings. The zero-order chi connectivity index (χ0) is 42.7. The summed E-state index contributed by atoms with van der Waals surface area (Å²) in [6.07, 6.45) is 27.1. The average Bonchev–Trinajstić information content (AvgIpc) is 3.24. The molecule has 0 saturated heterocycles. The number of ether oxygens (including phenoxy) is 2. The van der Waals surface area contributed by atoms with Gasteiger partial charge in [0, 0.05) is 29.8 Å². The summed E-state index contributed by atoms with van der Waals surface area (Å²) in [6, 6.07) is 18.2. The summed E-state index contributed by atoms with van der Waals surface area (Å²) in [6.45, 7) is 5.84. The predicted octanol–water partition coefficient (Wildman–Crippen LogP) is 12.7. The highest BCUT2D eigenvalue weighted by Crippen LogP contribution is 2.51. The molecule has 8 nitrogen and oxygen atoms in total. The van der Waals surface area contributed by atoms with Crippen LogP contribution in [-0.4, -0.2) is 50.6 Å². The maximum atomic E-state index is 13.3.